The van der Waals surface area contributed by atoms with Crippen LogP contribution in [0.5, 0.6) is 0 Å². The molecule has 0 radical (unpaired) electrons. The fraction of sp³-hybridized carbons (Fsp3) is 0.667. The van der Waals surface area contributed by atoms with E-state index >= 15 is 0 Å². The molecule has 0 amide bonds. The first-order valence-electron chi connectivity index (χ1n) is 6.51. The summed E-state index contributed by atoms with van der Waals surface area (Å²) in [6.45, 7) is 9.06. The molecule has 1 heterocycles. The molecule has 0 aliphatic carbocycles. The standard InChI is InChI=1S/C15H25N/c1-12(2)5-7-14-8-10-15(16-11-14)9-6-13(3)4/h8,10-13H,5-7,9H2,1-4H3. The van der Waals surface area contributed by atoms with E-state index in [2.05, 4.69) is 51.0 Å². The first-order valence-corrected chi connectivity index (χ1v) is 6.51. The molecule has 1 aromatic heterocycles. The van der Waals surface area contributed by atoms with Gasteiger partial charge in [0, 0.05) is 11.9 Å². The fourth-order valence-electron chi connectivity index (χ4n) is 1.64. The molecule has 16 heavy (non-hydrogen) atoms. The van der Waals surface area contributed by atoms with Gasteiger partial charge in [0.2, 0.25) is 0 Å². The lowest BCUT2D eigenvalue weighted by Gasteiger charge is -2.06. The van der Waals surface area contributed by atoms with Crippen molar-refractivity contribution in [2.24, 2.45) is 11.8 Å². The van der Waals surface area contributed by atoms with Crippen molar-refractivity contribution in [3.63, 3.8) is 0 Å². The van der Waals surface area contributed by atoms with Gasteiger partial charge in [0.25, 0.3) is 0 Å². The van der Waals surface area contributed by atoms with E-state index in [4.69, 9.17) is 0 Å². The Morgan fingerprint density at radius 3 is 2.06 bits per heavy atom. The van der Waals surface area contributed by atoms with Crippen molar-refractivity contribution < 1.29 is 0 Å². The zero-order valence-electron chi connectivity index (χ0n) is 11.2. The average molecular weight is 219 g/mol. The third-order valence-electron chi connectivity index (χ3n) is 2.87. The molecule has 1 aromatic rings. The van der Waals surface area contributed by atoms with Gasteiger partial charge in [-0.3, -0.25) is 4.98 Å². The summed E-state index contributed by atoms with van der Waals surface area (Å²) in [6, 6.07) is 4.43. The third kappa shape index (κ3) is 5.29. The lowest BCUT2D eigenvalue weighted by atomic mass is 10.0. The van der Waals surface area contributed by atoms with Gasteiger partial charge < -0.3 is 0 Å². The second kappa shape index (κ2) is 6.67. The van der Waals surface area contributed by atoms with Crippen LogP contribution in [0.15, 0.2) is 18.3 Å². The van der Waals surface area contributed by atoms with Crippen LogP contribution in [0.3, 0.4) is 0 Å². The summed E-state index contributed by atoms with van der Waals surface area (Å²) >= 11 is 0. The second-order valence-electron chi connectivity index (χ2n) is 5.52. The van der Waals surface area contributed by atoms with E-state index in [1.165, 1.54) is 24.1 Å². The van der Waals surface area contributed by atoms with Gasteiger partial charge >= 0.3 is 0 Å². The average Bonchev–Trinajstić information content (AvgIpc) is 2.25. The summed E-state index contributed by atoms with van der Waals surface area (Å²) in [6.07, 6.45) is 6.82. The Labute approximate surface area is 100 Å². The van der Waals surface area contributed by atoms with Crippen LogP contribution in [0.4, 0.5) is 0 Å². The molecule has 0 aromatic carbocycles. The summed E-state index contributed by atoms with van der Waals surface area (Å²) in [4.78, 5) is 4.53. The SMILES string of the molecule is CC(C)CCc1ccc(CCC(C)C)nc1. The summed E-state index contributed by atoms with van der Waals surface area (Å²) in [5, 5.41) is 0. The largest absolute Gasteiger partial charge is 0.261 e. The smallest absolute Gasteiger partial charge is 0.0403 e. The zero-order valence-corrected chi connectivity index (χ0v) is 11.2. The minimum Gasteiger partial charge on any atom is -0.261 e. The molecule has 0 bridgehead atoms. The number of hydrogen-bond acceptors (Lipinski definition) is 1. The minimum atomic E-state index is 0.766. The Bertz CT molecular complexity index is 254. The quantitative estimate of drug-likeness (QED) is 0.696. The molecular weight excluding hydrogens is 194 g/mol. The molecule has 0 aliphatic heterocycles. The van der Waals surface area contributed by atoms with Crippen LogP contribution in [0, 0.1) is 11.8 Å². The van der Waals surface area contributed by atoms with E-state index in [1.54, 1.807) is 0 Å². The summed E-state index contributed by atoms with van der Waals surface area (Å²) in [5.41, 5.74) is 2.61. The number of aryl methyl sites for hydroxylation is 2. The van der Waals surface area contributed by atoms with E-state index in [0.29, 0.717) is 0 Å². The molecule has 90 valence electrons. The predicted molar refractivity (Wildman–Crippen MR) is 70.6 cm³/mol. The van der Waals surface area contributed by atoms with Crippen LogP contribution in [0.25, 0.3) is 0 Å². The van der Waals surface area contributed by atoms with Gasteiger partial charge in [-0.15, -0.1) is 0 Å². The number of nitrogens with zero attached hydrogens (tertiary/aromatic N) is 1. The minimum absolute atomic E-state index is 0.766. The molecular formula is C15H25N. The van der Waals surface area contributed by atoms with Gasteiger partial charge in [-0.2, -0.15) is 0 Å². The maximum atomic E-state index is 4.53. The second-order valence-corrected chi connectivity index (χ2v) is 5.52. The predicted octanol–water partition coefficient (Wildman–Crippen LogP) is 4.26. The molecule has 0 N–H and O–H groups in total. The molecule has 1 nitrogen and oxygen atoms in total. The molecule has 0 aliphatic rings. The summed E-state index contributed by atoms with van der Waals surface area (Å²) in [7, 11) is 0. The highest BCUT2D eigenvalue weighted by Crippen LogP contribution is 2.11. The number of hydrogen-bond donors (Lipinski definition) is 0. The number of rotatable bonds is 6. The zero-order chi connectivity index (χ0) is 12.0. The lowest BCUT2D eigenvalue weighted by molar-refractivity contribution is 0.578. The van der Waals surface area contributed by atoms with Gasteiger partial charge in [0.1, 0.15) is 0 Å². The fourth-order valence-corrected chi connectivity index (χ4v) is 1.64. The van der Waals surface area contributed by atoms with Crippen LogP contribution in [0.1, 0.15) is 51.8 Å². The normalized spacial score (nSPS) is 11.4. The topological polar surface area (TPSA) is 12.9 Å². The maximum Gasteiger partial charge on any atom is 0.0403 e. The first-order chi connectivity index (χ1) is 7.58. The Hall–Kier alpha value is -0.850. The van der Waals surface area contributed by atoms with Gasteiger partial charge in [0.05, 0.1) is 0 Å². The van der Waals surface area contributed by atoms with Crippen LogP contribution in [-0.2, 0) is 12.8 Å². The van der Waals surface area contributed by atoms with Crippen LogP contribution in [-0.4, -0.2) is 4.98 Å². The van der Waals surface area contributed by atoms with Crippen molar-refractivity contribution in [3.05, 3.63) is 29.6 Å². The molecule has 0 unspecified atom stereocenters. The molecule has 0 fully saturated rings. The summed E-state index contributed by atoms with van der Waals surface area (Å²) in [5.74, 6) is 1.54. The maximum absolute atomic E-state index is 4.53. The summed E-state index contributed by atoms with van der Waals surface area (Å²) < 4.78 is 0. The van der Waals surface area contributed by atoms with E-state index in [-0.39, 0.29) is 0 Å². The van der Waals surface area contributed by atoms with Crippen molar-refractivity contribution in [2.45, 2.75) is 53.4 Å². The van der Waals surface area contributed by atoms with E-state index < -0.39 is 0 Å². The Morgan fingerprint density at radius 1 is 0.938 bits per heavy atom. The molecule has 1 heteroatoms. The number of aromatic nitrogens is 1. The van der Waals surface area contributed by atoms with Crippen LogP contribution < -0.4 is 0 Å². The van der Waals surface area contributed by atoms with Crippen molar-refractivity contribution in [3.8, 4) is 0 Å². The molecule has 0 saturated heterocycles. The monoisotopic (exact) mass is 219 g/mol. The van der Waals surface area contributed by atoms with E-state index in [0.717, 1.165) is 24.7 Å². The van der Waals surface area contributed by atoms with Crippen molar-refractivity contribution in [2.75, 3.05) is 0 Å². The van der Waals surface area contributed by atoms with Crippen LogP contribution in [0.2, 0.25) is 0 Å². The first kappa shape index (κ1) is 13.2. The van der Waals surface area contributed by atoms with E-state index in [1.807, 2.05) is 0 Å². The molecule has 0 atom stereocenters. The molecule has 0 saturated carbocycles. The molecule has 0 spiro atoms. The highest BCUT2D eigenvalue weighted by molar-refractivity contribution is 5.14. The van der Waals surface area contributed by atoms with E-state index in [9.17, 15) is 0 Å². The van der Waals surface area contributed by atoms with Gasteiger partial charge in [-0.05, 0) is 49.1 Å². The Balaban J connectivity index is 2.41. The Morgan fingerprint density at radius 2 is 1.56 bits per heavy atom. The van der Waals surface area contributed by atoms with Crippen molar-refractivity contribution >= 4 is 0 Å². The van der Waals surface area contributed by atoms with Crippen LogP contribution >= 0.6 is 0 Å². The van der Waals surface area contributed by atoms with Gasteiger partial charge in [0.15, 0.2) is 0 Å². The Kier molecular flexibility index (Phi) is 5.51. The highest BCUT2D eigenvalue weighted by Gasteiger charge is 2.00. The van der Waals surface area contributed by atoms with Gasteiger partial charge in [-0.25, -0.2) is 0 Å². The third-order valence-corrected chi connectivity index (χ3v) is 2.87. The molecule has 1 rings (SSSR count). The van der Waals surface area contributed by atoms with Gasteiger partial charge in [-0.1, -0.05) is 33.8 Å². The lowest BCUT2D eigenvalue weighted by Crippen LogP contribution is -1.97. The number of pyridine rings is 1. The van der Waals surface area contributed by atoms with Crippen molar-refractivity contribution in [1.82, 2.24) is 4.98 Å². The van der Waals surface area contributed by atoms with Crippen molar-refractivity contribution in [1.29, 1.82) is 0 Å². The highest BCUT2D eigenvalue weighted by atomic mass is 14.7.